The third-order valence-corrected chi connectivity index (χ3v) is 4.89. The fourth-order valence-corrected chi connectivity index (χ4v) is 3.40. The van der Waals surface area contributed by atoms with Crippen LogP contribution in [0.25, 0.3) is 10.8 Å². The number of hydrogen-bond donors (Lipinski definition) is 0. The molecule has 1 aliphatic rings. The monoisotopic (exact) mass is 442 g/mol. The second-order valence-electron chi connectivity index (χ2n) is 7.32. The molecule has 3 aromatic carbocycles. The molecule has 164 valence electrons. The number of fused-ring (bicyclic) bond motifs is 1. The molecule has 0 N–H and O–H groups in total. The van der Waals surface area contributed by atoms with Gasteiger partial charge in [0.2, 0.25) is 0 Å². The second kappa shape index (κ2) is 8.39. The van der Waals surface area contributed by atoms with Crippen LogP contribution in [0.15, 0.2) is 30.3 Å². The lowest BCUT2D eigenvalue weighted by atomic mass is 10.0. The van der Waals surface area contributed by atoms with E-state index in [0.29, 0.717) is 11.6 Å². The summed E-state index contributed by atoms with van der Waals surface area (Å²) in [5.41, 5.74) is 0.560. The summed E-state index contributed by atoms with van der Waals surface area (Å²) in [4.78, 5) is 0. The Morgan fingerprint density at radius 3 is 2.10 bits per heavy atom. The molecule has 4 rings (SSSR count). The Hall–Kier alpha value is -2.78. The van der Waals surface area contributed by atoms with E-state index in [9.17, 15) is 26.3 Å². The van der Waals surface area contributed by atoms with Gasteiger partial charge in [-0.25, -0.2) is 26.3 Å². The Labute approximate surface area is 173 Å². The molecule has 0 bridgehead atoms. The molecular formula is C22H16F6O3. The molecule has 9 heteroatoms. The first kappa shape index (κ1) is 21.5. The summed E-state index contributed by atoms with van der Waals surface area (Å²) in [5, 5.41) is -0.860. The first-order valence-electron chi connectivity index (χ1n) is 9.33. The fraction of sp³-hybridized carbons (Fsp3) is 0.273. The molecule has 1 heterocycles. The molecule has 0 radical (unpaired) electrons. The van der Waals surface area contributed by atoms with Crippen molar-refractivity contribution in [3.05, 3.63) is 76.4 Å². The summed E-state index contributed by atoms with van der Waals surface area (Å²) in [5.74, 6) is -8.42. The van der Waals surface area contributed by atoms with Crippen LogP contribution in [-0.4, -0.2) is 19.8 Å². The average Bonchev–Trinajstić information content (AvgIpc) is 2.71. The fourth-order valence-electron chi connectivity index (χ4n) is 3.40. The van der Waals surface area contributed by atoms with Crippen molar-refractivity contribution in [2.75, 3.05) is 19.8 Å². The van der Waals surface area contributed by atoms with E-state index in [1.165, 1.54) is 6.07 Å². The highest BCUT2D eigenvalue weighted by Crippen LogP contribution is 2.32. The number of halogens is 6. The number of benzene rings is 3. The molecule has 0 unspecified atom stereocenters. The Morgan fingerprint density at radius 2 is 1.45 bits per heavy atom. The van der Waals surface area contributed by atoms with Crippen molar-refractivity contribution in [3.8, 4) is 5.75 Å². The Balaban J connectivity index is 1.44. The molecule has 3 nitrogen and oxygen atoms in total. The standard InChI is InChI=1S/C22H16F6O3/c1-10-2-16(25)21(17(26)3-10)29-7-11-8-30-22(31-9-11)13-4-12-5-15(24)19(27)20(28)18(12)14(23)6-13/h2-6,11,22H,7-9H2,1H3. The van der Waals surface area contributed by atoms with Gasteiger partial charge < -0.3 is 14.2 Å². The maximum absolute atomic E-state index is 14.3. The van der Waals surface area contributed by atoms with Gasteiger partial charge in [0.25, 0.3) is 0 Å². The summed E-state index contributed by atoms with van der Waals surface area (Å²) in [6.45, 7) is 1.58. The van der Waals surface area contributed by atoms with Gasteiger partial charge in [0, 0.05) is 11.5 Å². The summed E-state index contributed by atoms with van der Waals surface area (Å²) in [7, 11) is 0. The summed E-state index contributed by atoms with van der Waals surface area (Å²) in [6.07, 6.45) is -1.04. The third-order valence-electron chi connectivity index (χ3n) is 4.89. The minimum atomic E-state index is -1.76. The largest absolute Gasteiger partial charge is 0.487 e. The van der Waals surface area contributed by atoms with Gasteiger partial charge in [-0.2, -0.15) is 0 Å². The topological polar surface area (TPSA) is 27.7 Å². The number of rotatable bonds is 4. The predicted octanol–water partition coefficient (Wildman–Crippen LogP) is 5.72. The van der Waals surface area contributed by atoms with E-state index in [-0.39, 0.29) is 36.7 Å². The van der Waals surface area contributed by atoms with Gasteiger partial charge in [0.05, 0.1) is 25.2 Å². The number of aryl methyl sites for hydroxylation is 1. The van der Waals surface area contributed by atoms with Crippen molar-refractivity contribution in [1.82, 2.24) is 0 Å². The molecular weight excluding hydrogens is 426 g/mol. The molecule has 1 saturated heterocycles. The summed E-state index contributed by atoms with van der Waals surface area (Å²) < 4.78 is 99.0. The van der Waals surface area contributed by atoms with Crippen LogP contribution in [0.1, 0.15) is 17.4 Å². The normalized spacial score (nSPS) is 19.1. The molecule has 1 fully saturated rings. The van der Waals surface area contributed by atoms with E-state index < -0.39 is 52.3 Å². The summed E-state index contributed by atoms with van der Waals surface area (Å²) in [6, 6.07) is 5.14. The lowest BCUT2D eigenvalue weighted by Gasteiger charge is -2.29. The summed E-state index contributed by atoms with van der Waals surface area (Å²) >= 11 is 0. The number of hydrogen-bond acceptors (Lipinski definition) is 3. The van der Waals surface area contributed by atoms with E-state index in [2.05, 4.69) is 0 Å². The lowest BCUT2D eigenvalue weighted by molar-refractivity contribution is -0.208. The van der Waals surface area contributed by atoms with Crippen molar-refractivity contribution in [1.29, 1.82) is 0 Å². The Kier molecular flexibility index (Phi) is 5.81. The van der Waals surface area contributed by atoms with Crippen molar-refractivity contribution in [2.45, 2.75) is 13.2 Å². The van der Waals surface area contributed by atoms with Crippen LogP contribution >= 0.6 is 0 Å². The van der Waals surface area contributed by atoms with Gasteiger partial charge >= 0.3 is 0 Å². The maximum atomic E-state index is 14.3. The minimum absolute atomic E-state index is 0.0611. The van der Waals surface area contributed by atoms with Crippen molar-refractivity contribution < 1.29 is 40.6 Å². The van der Waals surface area contributed by atoms with Gasteiger partial charge in [-0.1, -0.05) is 0 Å². The van der Waals surface area contributed by atoms with E-state index >= 15 is 0 Å². The van der Waals surface area contributed by atoms with Crippen LogP contribution in [0.2, 0.25) is 0 Å². The van der Waals surface area contributed by atoms with Crippen LogP contribution in [0.3, 0.4) is 0 Å². The van der Waals surface area contributed by atoms with Gasteiger partial charge in [0.1, 0.15) is 5.82 Å². The molecule has 0 spiro atoms. The zero-order chi connectivity index (χ0) is 22.3. The SMILES string of the molecule is Cc1cc(F)c(OCC2COC(c3cc(F)c4c(F)c(F)c(F)cc4c3)OC2)c(F)c1. The second-order valence-corrected chi connectivity index (χ2v) is 7.32. The Morgan fingerprint density at radius 1 is 0.806 bits per heavy atom. The smallest absolute Gasteiger partial charge is 0.195 e. The van der Waals surface area contributed by atoms with Crippen molar-refractivity contribution in [2.24, 2.45) is 5.92 Å². The molecule has 0 aromatic heterocycles. The van der Waals surface area contributed by atoms with Crippen LogP contribution in [0.4, 0.5) is 26.3 Å². The van der Waals surface area contributed by atoms with E-state index in [1.54, 1.807) is 6.92 Å². The minimum Gasteiger partial charge on any atom is -0.487 e. The molecule has 0 amide bonds. The predicted molar refractivity (Wildman–Crippen MR) is 98.5 cm³/mol. The van der Waals surface area contributed by atoms with Crippen LogP contribution in [0, 0.1) is 47.7 Å². The van der Waals surface area contributed by atoms with Gasteiger partial charge in [-0.15, -0.1) is 0 Å². The van der Waals surface area contributed by atoms with Gasteiger partial charge in [0.15, 0.2) is 41.1 Å². The third kappa shape index (κ3) is 4.20. The number of ether oxygens (including phenoxy) is 3. The molecule has 3 aromatic rings. The average molecular weight is 442 g/mol. The Bertz CT molecular complexity index is 1120. The molecule has 0 saturated carbocycles. The van der Waals surface area contributed by atoms with Crippen molar-refractivity contribution in [3.63, 3.8) is 0 Å². The molecule has 31 heavy (non-hydrogen) atoms. The lowest BCUT2D eigenvalue weighted by Crippen LogP contribution is -2.31. The zero-order valence-electron chi connectivity index (χ0n) is 16.2. The zero-order valence-corrected chi connectivity index (χ0v) is 16.2. The van der Waals surface area contributed by atoms with E-state index in [4.69, 9.17) is 14.2 Å². The van der Waals surface area contributed by atoms with Crippen LogP contribution in [-0.2, 0) is 9.47 Å². The molecule has 1 aliphatic heterocycles. The van der Waals surface area contributed by atoms with Gasteiger partial charge in [-0.05, 0) is 48.2 Å². The highest BCUT2D eigenvalue weighted by atomic mass is 19.2. The maximum Gasteiger partial charge on any atom is 0.195 e. The van der Waals surface area contributed by atoms with E-state index in [0.717, 1.165) is 18.2 Å². The van der Waals surface area contributed by atoms with Crippen LogP contribution in [0.5, 0.6) is 5.75 Å². The first-order chi connectivity index (χ1) is 14.7. The highest BCUT2D eigenvalue weighted by molar-refractivity contribution is 5.84. The molecule has 0 aliphatic carbocycles. The van der Waals surface area contributed by atoms with Gasteiger partial charge in [-0.3, -0.25) is 0 Å². The van der Waals surface area contributed by atoms with Crippen molar-refractivity contribution >= 4 is 10.8 Å². The van der Waals surface area contributed by atoms with E-state index in [1.807, 2.05) is 0 Å². The quantitative estimate of drug-likeness (QED) is 0.382. The first-order valence-corrected chi connectivity index (χ1v) is 9.33. The van der Waals surface area contributed by atoms with Crippen LogP contribution < -0.4 is 4.74 Å². The molecule has 0 atom stereocenters. The highest BCUT2D eigenvalue weighted by Gasteiger charge is 2.27.